The molecule has 0 radical (unpaired) electrons. The van der Waals surface area contributed by atoms with E-state index in [0.717, 1.165) is 22.3 Å². The van der Waals surface area contributed by atoms with Crippen LogP contribution < -0.4 is 4.74 Å². The molecule has 19 heavy (non-hydrogen) atoms. The second kappa shape index (κ2) is 4.51. The van der Waals surface area contributed by atoms with Crippen molar-refractivity contribution in [2.45, 2.75) is 0 Å². The Bertz CT molecular complexity index is 781. The van der Waals surface area contributed by atoms with Crippen LogP contribution >= 0.6 is 0 Å². The molecule has 0 N–H and O–H groups in total. The second-order valence-electron chi connectivity index (χ2n) is 4.24. The fourth-order valence-electron chi connectivity index (χ4n) is 2.24. The van der Waals surface area contributed by atoms with Crippen LogP contribution in [0.5, 0.6) is 5.75 Å². The van der Waals surface area contributed by atoms with Crippen molar-refractivity contribution in [2.75, 3.05) is 7.11 Å². The number of benzene rings is 2. The van der Waals surface area contributed by atoms with E-state index in [4.69, 9.17) is 4.74 Å². The maximum Gasteiger partial charge on any atom is 0.119 e. The van der Waals surface area contributed by atoms with Gasteiger partial charge in [-0.25, -0.2) is 0 Å². The van der Waals surface area contributed by atoms with Crippen molar-refractivity contribution in [3.8, 4) is 17.5 Å². The summed E-state index contributed by atoms with van der Waals surface area (Å²) in [5.41, 5.74) is 2.62. The van der Waals surface area contributed by atoms with E-state index in [1.54, 1.807) is 7.11 Å². The van der Waals surface area contributed by atoms with Gasteiger partial charge in [-0.05, 0) is 36.4 Å². The number of nitrogens with zero attached hydrogens (tertiary/aromatic N) is 2. The Kier molecular flexibility index (Phi) is 2.70. The SMILES string of the molecule is COc1ccc2c(ccn2-c2ccccc2C#N)c1. The lowest BCUT2D eigenvalue weighted by molar-refractivity contribution is 0.415. The fourth-order valence-corrected chi connectivity index (χ4v) is 2.24. The van der Waals surface area contributed by atoms with Crippen molar-refractivity contribution < 1.29 is 4.74 Å². The minimum atomic E-state index is 0.663. The molecule has 0 bridgehead atoms. The molecule has 92 valence electrons. The Morgan fingerprint density at radius 1 is 1.11 bits per heavy atom. The molecule has 3 rings (SSSR count). The highest BCUT2D eigenvalue weighted by Gasteiger charge is 2.07. The maximum absolute atomic E-state index is 9.19. The molecule has 0 unspecified atom stereocenters. The molecule has 1 aromatic heterocycles. The topological polar surface area (TPSA) is 38.0 Å². The average Bonchev–Trinajstić information content (AvgIpc) is 2.89. The lowest BCUT2D eigenvalue weighted by atomic mass is 10.2. The molecule has 0 amide bonds. The highest BCUT2D eigenvalue weighted by atomic mass is 16.5. The Morgan fingerprint density at radius 2 is 1.95 bits per heavy atom. The van der Waals surface area contributed by atoms with Gasteiger partial charge in [0.05, 0.1) is 23.9 Å². The summed E-state index contributed by atoms with van der Waals surface area (Å²) >= 11 is 0. The van der Waals surface area contributed by atoms with Gasteiger partial charge < -0.3 is 9.30 Å². The van der Waals surface area contributed by atoms with Crippen LogP contribution in [0, 0.1) is 11.3 Å². The number of nitriles is 1. The molecule has 0 aliphatic carbocycles. The summed E-state index contributed by atoms with van der Waals surface area (Å²) in [5, 5.41) is 10.3. The minimum absolute atomic E-state index is 0.663. The van der Waals surface area contributed by atoms with Crippen LogP contribution in [0.3, 0.4) is 0 Å². The predicted octanol–water partition coefficient (Wildman–Crippen LogP) is 3.51. The highest BCUT2D eigenvalue weighted by molar-refractivity contribution is 5.83. The van der Waals surface area contributed by atoms with E-state index in [1.807, 2.05) is 59.3 Å². The summed E-state index contributed by atoms with van der Waals surface area (Å²) in [4.78, 5) is 0. The average molecular weight is 248 g/mol. The first-order chi connectivity index (χ1) is 9.33. The third-order valence-electron chi connectivity index (χ3n) is 3.18. The molecule has 0 aliphatic heterocycles. The van der Waals surface area contributed by atoms with E-state index in [-0.39, 0.29) is 0 Å². The van der Waals surface area contributed by atoms with Crippen molar-refractivity contribution in [3.05, 3.63) is 60.3 Å². The van der Waals surface area contributed by atoms with Gasteiger partial charge in [0.25, 0.3) is 0 Å². The number of fused-ring (bicyclic) bond motifs is 1. The quantitative estimate of drug-likeness (QED) is 0.696. The highest BCUT2D eigenvalue weighted by Crippen LogP contribution is 2.25. The van der Waals surface area contributed by atoms with Gasteiger partial charge in [-0.2, -0.15) is 5.26 Å². The normalized spacial score (nSPS) is 10.3. The lowest BCUT2D eigenvalue weighted by Gasteiger charge is -2.07. The third kappa shape index (κ3) is 1.84. The van der Waals surface area contributed by atoms with Gasteiger partial charge in [0.15, 0.2) is 0 Å². The van der Waals surface area contributed by atoms with Gasteiger partial charge in [0.1, 0.15) is 11.8 Å². The molecule has 0 aliphatic rings. The molecule has 0 fully saturated rings. The van der Waals surface area contributed by atoms with Crippen LogP contribution in [-0.4, -0.2) is 11.7 Å². The van der Waals surface area contributed by atoms with Gasteiger partial charge in [-0.15, -0.1) is 0 Å². The molecule has 0 atom stereocenters. The molecule has 0 saturated carbocycles. The van der Waals surface area contributed by atoms with E-state index in [2.05, 4.69) is 6.07 Å². The molecule has 3 heteroatoms. The molecule has 0 spiro atoms. The zero-order chi connectivity index (χ0) is 13.2. The first kappa shape index (κ1) is 11.4. The van der Waals surface area contributed by atoms with E-state index in [1.165, 1.54) is 0 Å². The number of rotatable bonds is 2. The summed E-state index contributed by atoms with van der Waals surface area (Å²) in [6.07, 6.45) is 1.97. The number of aromatic nitrogens is 1. The van der Waals surface area contributed by atoms with Gasteiger partial charge in [0, 0.05) is 11.6 Å². The largest absolute Gasteiger partial charge is 0.497 e. The lowest BCUT2D eigenvalue weighted by Crippen LogP contribution is -1.95. The van der Waals surface area contributed by atoms with Crippen LogP contribution in [-0.2, 0) is 0 Å². The van der Waals surface area contributed by atoms with Crippen molar-refractivity contribution >= 4 is 10.9 Å². The van der Waals surface area contributed by atoms with Crippen LogP contribution in [0.25, 0.3) is 16.6 Å². The Balaban J connectivity index is 2.24. The Hall–Kier alpha value is -2.73. The van der Waals surface area contributed by atoms with E-state index >= 15 is 0 Å². The number of hydrogen-bond acceptors (Lipinski definition) is 2. The second-order valence-corrected chi connectivity index (χ2v) is 4.24. The molecule has 2 aromatic carbocycles. The number of methoxy groups -OCH3 is 1. The zero-order valence-corrected chi connectivity index (χ0v) is 10.5. The van der Waals surface area contributed by atoms with Crippen LogP contribution in [0.4, 0.5) is 0 Å². The van der Waals surface area contributed by atoms with Gasteiger partial charge in [0.2, 0.25) is 0 Å². The monoisotopic (exact) mass is 248 g/mol. The Morgan fingerprint density at radius 3 is 2.74 bits per heavy atom. The first-order valence-electron chi connectivity index (χ1n) is 5.98. The van der Waals surface area contributed by atoms with Gasteiger partial charge >= 0.3 is 0 Å². The van der Waals surface area contributed by atoms with Crippen molar-refractivity contribution in [3.63, 3.8) is 0 Å². The summed E-state index contributed by atoms with van der Waals surface area (Å²) in [6.45, 7) is 0. The zero-order valence-electron chi connectivity index (χ0n) is 10.5. The summed E-state index contributed by atoms with van der Waals surface area (Å²) in [7, 11) is 1.66. The minimum Gasteiger partial charge on any atom is -0.497 e. The maximum atomic E-state index is 9.19. The van der Waals surface area contributed by atoms with Crippen LogP contribution in [0.2, 0.25) is 0 Å². The van der Waals surface area contributed by atoms with E-state index in [9.17, 15) is 5.26 Å². The van der Waals surface area contributed by atoms with Crippen molar-refractivity contribution in [1.29, 1.82) is 5.26 Å². The first-order valence-corrected chi connectivity index (χ1v) is 5.98. The summed E-state index contributed by atoms with van der Waals surface area (Å²) in [6, 6.07) is 17.7. The van der Waals surface area contributed by atoms with Crippen LogP contribution in [0.15, 0.2) is 54.7 Å². The predicted molar refractivity (Wildman–Crippen MR) is 74.5 cm³/mol. The van der Waals surface area contributed by atoms with Crippen molar-refractivity contribution in [1.82, 2.24) is 4.57 Å². The summed E-state index contributed by atoms with van der Waals surface area (Å²) < 4.78 is 7.24. The molecular formula is C16H12N2O. The van der Waals surface area contributed by atoms with Gasteiger partial charge in [-0.3, -0.25) is 0 Å². The number of para-hydroxylation sites is 1. The molecule has 3 nitrogen and oxygen atoms in total. The Labute approximate surface area is 111 Å². The van der Waals surface area contributed by atoms with E-state index < -0.39 is 0 Å². The molecule has 3 aromatic rings. The molecular weight excluding hydrogens is 236 g/mol. The molecule has 1 heterocycles. The van der Waals surface area contributed by atoms with Gasteiger partial charge in [-0.1, -0.05) is 12.1 Å². The smallest absolute Gasteiger partial charge is 0.119 e. The molecule has 0 saturated heterocycles. The third-order valence-corrected chi connectivity index (χ3v) is 3.18. The van der Waals surface area contributed by atoms with Crippen molar-refractivity contribution in [2.24, 2.45) is 0 Å². The number of hydrogen-bond donors (Lipinski definition) is 0. The summed E-state index contributed by atoms with van der Waals surface area (Å²) in [5.74, 6) is 0.832. The van der Waals surface area contributed by atoms with Crippen LogP contribution in [0.1, 0.15) is 5.56 Å². The fraction of sp³-hybridized carbons (Fsp3) is 0.0625. The van der Waals surface area contributed by atoms with E-state index in [0.29, 0.717) is 5.56 Å². The standard InChI is InChI=1S/C16H12N2O/c1-19-14-6-7-16-12(10-14)8-9-18(16)15-5-3-2-4-13(15)11-17/h2-10H,1H3. The number of ether oxygens (including phenoxy) is 1.